The van der Waals surface area contributed by atoms with Crippen molar-refractivity contribution in [1.82, 2.24) is 19.9 Å². The highest BCUT2D eigenvalue weighted by atomic mass is 19.4. The summed E-state index contributed by atoms with van der Waals surface area (Å²) in [6.07, 6.45) is -3.50. The van der Waals surface area contributed by atoms with Crippen molar-refractivity contribution >= 4 is 29.5 Å². The predicted octanol–water partition coefficient (Wildman–Crippen LogP) is 2.20. The molecular formula is C21H21F7N6O5. The Morgan fingerprint density at radius 1 is 0.974 bits per heavy atom. The minimum atomic E-state index is -5.08. The van der Waals surface area contributed by atoms with E-state index in [0.29, 0.717) is 25.6 Å². The van der Waals surface area contributed by atoms with Gasteiger partial charge in [0.2, 0.25) is 11.9 Å². The second-order valence-electron chi connectivity index (χ2n) is 8.25. The van der Waals surface area contributed by atoms with E-state index in [1.54, 1.807) is 12.4 Å². The number of halogens is 7. The van der Waals surface area contributed by atoms with E-state index in [4.69, 9.17) is 19.8 Å². The number of likely N-dealkylation sites (N-methyl/N-ethyl adjacent to an activating group) is 1. The van der Waals surface area contributed by atoms with Gasteiger partial charge in [0.1, 0.15) is 0 Å². The molecule has 0 saturated carbocycles. The number of hydrogen-bond acceptors (Lipinski definition) is 8. The number of hydrogen-bond donors (Lipinski definition) is 2. The number of alkyl halides is 6. The molecule has 39 heavy (non-hydrogen) atoms. The lowest BCUT2D eigenvalue weighted by atomic mass is 9.92. The number of aromatic nitrogens is 3. The number of amides is 1. The second kappa shape index (κ2) is 12.2. The van der Waals surface area contributed by atoms with Gasteiger partial charge >= 0.3 is 24.3 Å². The Balaban J connectivity index is 0.000000317. The molecule has 2 aliphatic rings. The Labute approximate surface area is 215 Å². The van der Waals surface area contributed by atoms with E-state index < -0.39 is 30.1 Å². The first kappa shape index (κ1) is 31.1. The van der Waals surface area contributed by atoms with Crippen LogP contribution in [0.2, 0.25) is 0 Å². The largest absolute Gasteiger partial charge is 0.490 e. The maximum atomic E-state index is 13.1. The van der Waals surface area contributed by atoms with Crippen molar-refractivity contribution in [3.05, 3.63) is 42.7 Å². The van der Waals surface area contributed by atoms with E-state index in [1.807, 2.05) is 29.0 Å². The van der Waals surface area contributed by atoms with Crippen LogP contribution in [0, 0.1) is 5.82 Å². The van der Waals surface area contributed by atoms with Crippen LogP contribution < -0.4 is 9.80 Å². The molecule has 0 aromatic carbocycles. The van der Waals surface area contributed by atoms with Crippen molar-refractivity contribution in [3.63, 3.8) is 0 Å². The van der Waals surface area contributed by atoms with Crippen molar-refractivity contribution < 1.29 is 55.3 Å². The number of aliphatic carboxylic acids is 2. The summed E-state index contributed by atoms with van der Waals surface area (Å²) in [4.78, 5) is 48.6. The maximum Gasteiger partial charge on any atom is 0.490 e. The van der Waals surface area contributed by atoms with Gasteiger partial charge < -0.3 is 20.0 Å². The zero-order valence-electron chi connectivity index (χ0n) is 19.9. The van der Waals surface area contributed by atoms with Crippen LogP contribution in [0.3, 0.4) is 0 Å². The summed E-state index contributed by atoms with van der Waals surface area (Å²) in [5.41, 5.74) is 0.637. The molecule has 11 nitrogen and oxygen atoms in total. The second-order valence-corrected chi connectivity index (χ2v) is 8.25. The molecule has 1 unspecified atom stereocenters. The molecule has 18 heteroatoms. The van der Waals surface area contributed by atoms with Crippen molar-refractivity contribution in [2.45, 2.75) is 24.3 Å². The Hall–Kier alpha value is -4.09. The van der Waals surface area contributed by atoms with Gasteiger partial charge in [0.15, 0.2) is 5.82 Å². The minimum absolute atomic E-state index is 0.0672. The minimum Gasteiger partial charge on any atom is -0.475 e. The quantitative estimate of drug-likeness (QED) is 0.517. The summed E-state index contributed by atoms with van der Waals surface area (Å²) in [5.74, 6) is -5.37. The van der Waals surface area contributed by atoms with Crippen LogP contribution in [0.25, 0.3) is 0 Å². The van der Waals surface area contributed by atoms with Gasteiger partial charge in [-0.15, -0.1) is 0 Å². The van der Waals surface area contributed by atoms with Crippen molar-refractivity contribution in [2.75, 3.05) is 43.0 Å². The predicted molar refractivity (Wildman–Crippen MR) is 118 cm³/mol. The molecule has 0 radical (unpaired) electrons. The number of carbonyl (C=O) groups is 3. The van der Waals surface area contributed by atoms with Crippen LogP contribution in [-0.4, -0.2) is 99.0 Å². The smallest absolute Gasteiger partial charge is 0.475 e. The Morgan fingerprint density at radius 2 is 1.51 bits per heavy atom. The van der Waals surface area contributed by atoms with Gasteiger partial charge in [-0.3, -0.25) is 14.7 Å². The molecule has 2 saturated heterocycles. The third-order valence-corrected chi connectivity index (χ3v) is 5.60. The summed E-state index contributed by atoms with van der Waals surface area (Å²) in [5, 5.41) is 14.2. The van der Waals surface area contributed by atoms with Crippen LogP contribution in [-0.2, 0) is 14.4 Å². The maximum absolute atomic E-state index is 13.1. The summed E-state index contributed by atoms with van der Waals surface area (Å²) in [6.45, 7) is 2.41. The molecule has 0 bridgehead atoms. The van der Waals surface area contributed by atoms with Crippen LogP contribution >= 0.6 is 0 Å². The first-order valence-electron chi connectivity index (χ1n) is 10.7. The molecule has 2 aromatic heterocycles. The summed E-state index contributed by atoms with van der Waals surface area (Å²) in [7, 11) is 1.98. The molecule has 0 aliphatic carbocycles. The summed E-state index contributed by atoms with van der Waals surface area (Å²) >= 11 is 0. The zero-order valence-corrected chi connectivity index (χ0v) is 19.9. The fourth-order valence-corrected chi connectivity index (χ4v) is 3.64. The molecule has 4 rings (SSSR count). The average Bonchev–Trinajstić information content (AvgIpc) is 3.27. The van der Waals surface area contributed by atoms with Gasteiger partial charge in [0.25, 0.3) is 0 Å². The molecule has 2 aliphatic heterocycles. The average molecular weight is 570 g/mol. The number of rotatable bonds is 2. The molecule has 2 fully saturated rings. The highest BCUT2D eigenvalue weighted by molar-refractivity contribution is 5.95. The third kappa shape index (κ3) is 8.45. The highest BCUT2D eigenvalue weighted by Crippen LogP contribution is 2.34. The molecule has 4 heterocycles. The molecule has 2 aromatic rings. The van der Waals surface area contributed by atoms with E-state index in [2.05, 4.69) is 19.9 Å². The zero-order chi connectivity index (χ0) is 29.6. The van der Waals surface area contributed by atoms with Crippen molar-refractivity contribution in [2.24, 2.45) is 0 Å². The monoisotopic (exact) mass is 570 g/mol. The van der Waals surface area contributed by atoms with E-state index in [0.717, 1.165) is 18.7 Å². The molecule has 1 spiro atoms. The van der Waals surface area contributed by atoms with Crippen molar-refractivity contribution in [1.29, 1.82) is 0 Å². The first-order chi connectivity index (χ1) is 18.0. The van der Waals surface area contributed by atoms with E-state index in [9.17, 15) is 35.5 Å². The van der Waals surface area contributed by atoms with Gasteiger partial charge in [-0.05, 0) is 25.6 Å². The topological polar surface area (TPSA) is 140 Å². The lowest BCUT2D eigenvalue weighted by Crippen LogP contribution is -2.64. The molecule has 2 N–H and O–H groups in total. The van der Waals surface area contributed by atoms with Crippen LogP contribution in [0.4, 0.5) is 42.4 Å². The SMILES string of the molecule is CN1CC(=O)N(c2cccnc2)CC12CCN(c1ncc(F)cn1)C2.O=C(O)C(F)(F)F.O=C(O)C(F)(F)F. The van der Waals surface area contributed by atoms with E-state index in [1.165, 1.54) is 12.4 Å². The Bertz CT molecular complexity index is 1130. The normalized spacial score (nSPS) is 19.6. The van der Waals surface area contributed by atoms with Crippen LogP contribution in [0.5, 0.6) is 0 Å². The third-order valence-electron chi connectivity index (χ3n) is 5.60. The fourth-order valence-electron chi connectivity index (χ4n) is 3.64. The number of carboxylic acids is 2. The summed E-state index contributed by atoms with van der Waals surface area (Å²) < 4.78 is 76.5. The van der Waals surface area contributed by atoms with E-state index >= 15 is 0 Å². The van der Waals surface area contributed by atoms with Crippen LogP contribution in [0.1, 0.15) is 6.42 Å². The highest BCUT2D eigenvalue weighted by Gasteiger charge is 2.48. The Morgan fingerprint density at radius 3 is 1.97 bits per heavy atom. The lowest BCUT2D eigenvalue weighted by Gasteiger charge is -2.46. The van der Waals surface area contributed by atoms with Gasteiger partial charge in [0.05, 0.1) is 36.4 Å². The van der Waals surface area contributed by atoms with Gasteiger partial charge in [-0.1, -0.05) is 0 Å². The number of carboxylic acid groups (broad SMARTS) is 2. The number of anilines is 2. The van der Waals surface area contributed by atoms with E-state index in [-0.39, 0.29) is 11.4 Å². The Kier molecular flexibility index (Phi) is 9.72. The van der Waals surface area contributed by atoms with Crippen LogP contribution in [0.15, 0.2) is 36.9 Å². The number of nitrogens with zero attached hydrogens (tertiary/aromatic N) is 6. The number of pyridine rings is 1. The summed E-state index contributed by atoms with van der Waals surface area (Å²) in [6, 6.07) is 3.74. The van der Waals surface area contributed by atoms with Gasteiger partial charge in [0, 0.05) is 25.8 Å². The molecular weight excluding hydrogens is 549 g/mol. The van der Waals surface area contributed by atoms with Gasteiger partial charge in [-0.2, -0.15) is 26.3 Å². The number of carbonyl (C=O) groups excluding carboxylic acids is 1. The molecule has 1 amide bonds. The lowest BCUT2D eigenvalue weighted by molar-refractivity contribution is -0.193. The fraction of sp³-hybridized carbons (Fsp3) is 0.429. The number of piperazine rings is 1. The van der Waals surface area contributed by atoms with Crippen molar-refractivity contribution in [3.8, 4) is 0 Å². The first-order valence-corrected chi connectivity index (χ1v) is 10.7. The standard InChI is InChI=1S/C17H19FN6O.2C2HF3O2/c1-22-10-15(25)24(14-3-2-5-19-9-14)12-17(22)4-6-23(11-17)16-20-7-13(18)8-21-16;2*3-2(4,5)1(6)7/h2-3,5,7-9H,4,6,10-12H2,1H3;2*(H,6,7). The van der Waals surface area contributed by atoms with Gasteiger partial charge in [-0.25, -0.2) is 23.9 Å². The molecule has 1 atom stereocenters. The molecule has 214 valence electrons.